The molecule has 1 aliphatic rings. The van der Waals surface area contributed by atoms with Gasteiger partial charge in [-0.1, -0.05) is 18.2 Å². The van der Waals surface area contributed by atoms with E-state index in [1.807, 2.05) is 18.4 Å². The molecule has 1 aliphatic heterocycles. The van der Waals surface area contributed by atoms with Crippen LogP contribution < -0.4 is 10.1 Å². The third-order valence-corrected chi connectivity index (χ3v) is 7.77. The van der Waals surface area contributed by atoms with Gasteiger partial charge in [0.05, 0.1) is 12.4 Å². The van der Waals surface area contributed by atoms with Gasteiger partial charge in [0.1, 0.15) is 17.0 Å². The van der Waals surface area contributed by atoms with Gasteiger partial charge in [0, 0.05) is 24.8 Å². The first-order chi connectivity index (χ1) is 14.8. The number of thioether (sulfide) groups is 1. The second kappa shape index (κ2) is 10.5. The van der Waals surface area contributed by atoms with E-state index in [-0.39, 0.29) is 22.6 Å². The lowest BCUT2D eigenvalue weighted by Gasteiger charge is -2.27. The van der Waals surface area contributed by atoms with E-state index in [9.17, 15) is 13.2 Å². The molecule has 170 valence electrons. The Morgan fingerprint density at radius 3 is 2.68 bits per heavy atom. The van der Waals surface area contributed by atoms with Crippen LogP contribution >= 0.6 is 11.8 Å². The van der Waals surface area contributed by atoms with Crippen LogP contribution in [-0.2, 0) is 14.8 Å². The quantitative estimate of drug-likeness (QED) is 0.565. The number of hydrogen-bond acceptors (Lipinski definition) is 7. The molecule has 2 heterocycles. The van der Waals surface area contributed by atoms with Crippen molar-refractivity contribution < 1.29 is 17.9 Å². The van der Waals surface area contributed by atoms with Crippen LogP contribution in [0.4, 0.5) is 5.69 Å². The van der Waals surface area contributed by atoms with E-state index in [0.29, 0.717) is 36.3 Å². The first kappa shape index (κ1) is 23.6. The van der Waals surface area contributed by atoms with E-state index < -0.39 is 10.0 Å². The maximum Gasteiger partial charge on any atom is 0.246 e. The van der Waals surface area contributed by atoms with E-state index >= 15 is 0 Å². The Balaban J connectivity index is 1.75. The Labute approximate surface area is 187 Å². The molecule has 1 aromatic heterocycles. The second-order valence-corrected chi connectivity index (χ2v) is 10.4. The van der Waals surface area contributed by atoms with Crippen molar-refractivity contribution in [3.8, 4) is 5.75 Å². The van der Waals surface area contributed by atoms with E-state index in [1.54, 1.807) is 25.4 Å². The first-order valence-corrected chi connectivity index (χ1v) is 12.8. The van der Waals surface area contributed by atoms with Crippen LogP contribution in [0.3, 0.4) is 0 Å². The number of piperidine rings is 1. The maximum atomic E-state index is 13.2. The maximum absolute atomic E-state index is 13.2. The Bertz CT molecular complexity index is 1000. The monoisotopic (exact) mass is 467 g/mol. The minimum atomic E-state index is -3.71. The van der Waals surface area contributed by atoms with Crippen molar-refractivity contribution in [2.24, 2.45) is 0 Å². The Morgan fingerprint density at radius 2 is 2.00 bits per heavy atom. The van der Waals surface area contributed by atoms with Gasteiger partial charge in [-0.15, -0.1) is 10.2 Å². The molecule has 0 aliphatic carbocycles. The standard InChI is InChI=1S/C20H29N5O4S2/c1-4-29-17-9-8-16(12-18(17)31(27,28)24-10-6-5-7-11-24)22-19(26)13-30-20-23-21-14-25(20)15(2)3/h8-9,12,14-15H,4-7,10-11,13H2,1-3H3,(H,22,26). The minimum Gasteiger partial charge on any atom is -0.492 e. The number of hydrogen-bond donors (Lipinski definition) is 1. The number of aromatic nitrogens is 3. The average molecular weight is 468 g/mol. The minimum absolute atomic E-state index is 0.0845. The number of amides is 1. The molecule has 0 radical (unpaired) electrons. The van der Waals surface area contributed by atoms with Gasteiger partial charge in [0.2, 0.25) is 15.9 Å². The van der Waals surface area contributed by atoms with Crippen molar-refractivity contribution in [3.05, 3.63) is 24.5 Å². The lowest BCUT2D eigenvalue weighted by Crippen LogP contribution is -2.35. The molecule has 2 aromatic rings. The van der Waals surface area contributed by atoms with Crippen molar-refractivity contribution in [2.45, 2.75) is 56.1 Å². The van der Waals surface area contributed by atoms with Crippen LogP contribution in [-0.4, -0.2) is 58.8 Å². The number of anilines is 1. The van der Waals surface area contributed by atoms with Crippen LogP contribution in [0.25, 0.3) is 0 Å². The molecule has 1 amide bonds. The molecule has 0 saturated carbocycles. The summed E-state index contributed by atoms with van der Waals surface area (Å²) in [6.07, 6.45) is 4.35. The predicted octanol–water partition coefficient (Wildman–Crippen LogP) is 3.16. The highest BCUT2D eigenvalue weighted by Crippen LogP contribution is 2.31. The van der Waals surface area contributed by atoms with Crippen LogP contribution in [0, 0.1) is 0 Å². The Hall–Kier alpha value is -2.11. The van der Waals surface area contributed by atoms with Crippen molar-refractivity contribution in [1.82, 2.24) is 19.1 Å². The Morgan fingerprint density at radius 1 is 1.26 bits per heavy atom. The molecular weight excluding hydrogens is 438 g/mol. The number of benzene rings is 1. The molecule has 0 unspecified atom stereocenters. The van der Waals surface area contributed by atoms with E-state index in [4.69, 9.17) is 4.74 Å². The van der Waals surface area contributed by atoms with Gasteiger partial charge in [0.15, 0.2) is 5.16 Å². The molecule has 9 nitrogen and oxygen atoms in total. The molecule has 11 heteroatoms. The van der Waals surface area contributed by atoms with Gasteiger partial charge in [-0.05, 0) is 51.8 Å². The van der Waals surface area contributed by atoms with Crippen LogP contribution in [0.1, 0.15) is 46.1 Å². The first-order valence-electron chi connectivity index (χ1n) is 10.4. The molecular formula is C20H29N5O4S2. The zero-order valence-corrected chi connectivity index (χ0v) is 19.7. The molecule has 1 fully saturated rings. The van der Waals surface area contributed by atoms with E-state index in [2.05, 4.69) is 15.5 Å². The van der Waals surface area contributed by atoms with Gasteiger partial charge >= 0.3 is 0 Å². The van der Waals surface area contributed by atoms with Crippen molar-refractivity contribution in [3.63, 3.8) is 0 Å². The summed E-state index contributed by atoms with van der Waals surface area (Å²) in [6, 6.07) is 4.92. The zero-order valence-electron chi connectivity index (χ0n) is 18.1. The highest BCUT2D eigenvalue weighted by molar-refractivity contribution is 7.99. The number of sulfonamides is 1. The summed E-state index contributed by atoms with van der Waals surface area (Å²) in [5.74, 6) is 0.173. The second-order valence-electron chi connectivity index (χ2n) is 7.51. The van der Waals surface area contributed by atoms with Crippen LogP contribution in [0.5, 0.6) is 5.75 Å². The summed E-state index contributed by atoms with van der Waals surface area (Å²) in [4.78, 5) is 12.6. The van der Waals surface area contributed by atoms with Gasteiger partial charge in [-0.2, -0.15) is 4.31 Å². The fraction of sp³-hybridized carbons (Fsp3) is 0.550. The van der Waals surface area contributed by atoms with Crippen molar-refractivity contribution in [2.75, 3.05) is 30.8 Å². The molecule has 0 spiro atoms. The lowest BCUT2D eigenvalue weighted by molar-refractivity contribution is -0.113. The largest absolute Gasteiger partial charge is 0.492 e. The number of carbonyl (C=O) groups excluding carboxylic acids is 1. The van der Waals surface area contributed by atoms with Crippen molar-refractivity contribution >= 4 is 33.4 Å². The highest BCUT2D eigenvalue weighted by atomic mass is 32.2. The lowest BCUT2D eigenvalue weighted by atomic mass is 10.2. The zero-order chi connectivity index (χ0) is 22.4. The SMILES string of the molecule is CCOc1ccc(NC(=O)CSc2nncn2C(C)C)cc1S(=O)(=O)N1CCCCC1. The van der Waals surface area contributed by atoms with E-state index in [0.717, 1.165) is 19.3 Å². The molecule has 1 aromatic carbocycles. The van der Waals surface area contributed by atoms with Gasteiger partial charge in [-0.3, -0.25) is 4.79 Å². The summed E-state index contributed by atoms with van der Waals surface area (Å²) >= 11 is 1.28. The molecule has 0 atom stereocenters. The number of ether oxygens (including phenoxy) is 1. The third-order valence-electron chi connectivity index (χ3n) is 4.89. The highest BCUT2D eigenvalue weighted by Gasteiger charge is 2.29. The normalized spacial score (nSPS) is 15.2. The van der Waals surface area contributed by atoms with Gasteiger partial charge in [0.25, 0.3) is 0 Å². The molecule has 3 rings (SSSR count). The van der Waals surface area contributed by atoms with Gasteiger partial charge in [-0.25, -0.2) is 8.42 Å². The number of nitrogens with zero attached hydrogens (tertiary/aromatic N) is 4. The smallest absolute Gasteiger partial charge is 0.246 e. The summed E-state index contributed by atoms with van der Waals surface area (Å²) in [7, 11) is -3.71. The molecule has 0 bridgehead atoms. The predicted molar refractivity (Wildman–Crippen MR) is 120 cm³/mol. The average Bonchev–Trinajstić information content (AvgIpc) is 3.23. The Kier molecular flexibility index (Phi) is 7.95. The summed E-state index contributed by atoms with van der Waals surface area (Å²) in [5, 5.41) is 11.4. The summed E-state index contributed by atoms with van der Waals surface area (Å²) in [6.45, 7) is 7.17. The summed E-state index contributed by atoms with van der Waals surface area (Å²) in [5.41, 5.74) is 0.412. The summed E-state index contributed by atoms with van der Waals surface area (Å²) < 4.78 is 35.4. The molecule has 1 saturated heterocycles. The van der Waals surface area contributed by atoms with Crippen molar-refractivity contribution in [1.29, 1.82) is 0 Å². The third kappa shape index (κ3) is 5.78. The topological polar surface area (TPSA) is 106 Å². The van der Waals surface area contributed by atoms with Crippen LogP contribution in [0.2, 0.25) is 0 Å². The fourth-order valence-corrected chi connectivity index (χ4v) is 5.84. The number of nitrogens with one attached hydrogen (secondary N) is 1. The van der Waals surface area contributed by atoms with Gasteiger partial charge < -0.3 is 14.6 Å². The number of carbonyl (C=O) groups is 1. The van der Waals surface area contributed by atoms with E-state index in [1.165, 1.54) is 22.1 Å². The molecule has 31 heavy (non-hydrogen) atoms. The van der Waals surface area contributed by atoms with Crippen LogP contribution in [0.15, 0.2) is 34.6 Å². The molecule has 1 N–H and O–H groups in total. The number of rotatable bonds is 9. The fourth-order valence-electron chi connectivity index (χ4n) is 3.32.